The minimum Gasteiger partial charge on any atom is -0.355 e. The van der Waals surface area contributed by atoms with Crippen molar-refractivity contribution in [1.29, 1.82) is 0 Å². The Balaban J connectivity index is 1.61. The minimum atomic E-state index is 0.176. The van der Waals surface area contributed by atoms with Crippen molar-refractivity contribution in [3.63, 3.8) is 0 Å². The summed E-state index contributed by atoms with van der Waals surface area (Å²) >= 11 is 0. The third-order valence-electron chi connectivity index (χ3n) is 4.12. The molecule has 0 aliphatic carbocycles. The van der Waals surface area contributed by atoms with Gasteiger partial charge in [0.1, 0.15) is 0 Å². The molecule has 0 radical (unpaired) electrons. The number of carbonyl (C=O) groups is 1. The average Bonchev–Trinajstić information content (AvgIpc) is 2.40. The van der Waals surface area contributed by atoms with Gasteiger partial charge in [0.2, 0.25) is 5.91 Å². The summed E-state index contributed by atoms with van der Waals surface area (Å²) in [5, 5.41) is 6.43. The largest absolute Gasteiger partial charge is 0.355 e. The molecule has 0 aromatic heterocycles. The highest BCUT2D eigenvalue weighted by Crippen LogP contribution is 2.15. The molecule has 0 aromatic carbocycles. The van der Waals surface area contributed by atoms with Crippen LogP contribution in [-0.2, 0) is 4.79 Å². The monoisotopic (exact) mass is 253 g/mol. The van der Waals surface area contributed by atoms with Gasteiger partial charge in [-0.05, 0) is 44.8 Å². The molecule has 2 fully saturated rings. The Morgan fingerprint density at radius 3 is 2.78 bits per heavy atom. The minimum absolute atomic E-state index is 0.176. The third kappa shape index (κ3) is 4.25. The summed E-state index contributed by atoms with van der Waals surface area (Å²) in [6, 6.07) is 0. The van der Waals surface area contributed by atoms with Crippen molar-refractivity contribution in [3.05, 3.63) is 0 Å². The zero-order chi connectivity index (χ0) is 12.8. The van der Waals surface area contributed by atoms with Gasteiger partial charge in [-0.1, -0.05) is 13.3 Å². The Labute approximate surface area is 110 Å². The Morgan fingerprint density at radius 2 is 2.06 bits per heavy atom. The van der Waals surface area contributed by atoms with Crippen LogP contribution in [0.1, 0.15) is 32.6 Å². The first-order valence-corrected chi connectivity index (χ1v) is 7.46. The smallest absolute Gasteiger partial charge is 0.224 e. The maximum Gasteiger partial charge on any atom is 0.224 e. The van der Waals surface area contributed by atoms with Crippen molar-refractivity contribution in [2.24, 2.45) is 11.8 Å². The third-order valence-corrected chi connectivity index (χ3v) is 4.12. The number of piperidine rings is 2. The number of amides is 1. The molecular weight excluding hydrogens is 226 g/mol. The van der Waals surface area contributed by atoms with E-state index in [1.807, 2.05) is 0 Å². The number of likely N-dealkylation sites (tertiary alicyclic amines) is 1. The fourth-order valence-electron chi connectivity index (χ4n) is 3.02. The Hall–Kier alpha value is -0.610. The number of carbonyl (C=O) groups excluding carboxylic acids is 1. The van der Waals surface area contributed by atoms with Crippen LogP contribution in [0.2, 0.25) is 0 Å². The van der Waals surface area contributed by atoms with E-state index in [0.29, 0.717) is 5.92 Å². The van der Waals surface area contributed by atoms with Crippen molar-refractivity contribution in [2.45, 2.75) is 32.6 Å². The molecule has 4 nitrogen and oxygen atoms in total. The van der Waals surface area contributed by atoms with E-state index in [0.717, 1.165) is 32.6 Å². The lowest BCUT2D eigenvalue weighted by molar-refractivity contribution is -0.125. The first-order chi connectivity index (χ1) is 8.75. The van der Waals surface area contributed by atoms with Crippen LogP contribution in [0.4, 0.5) is 0 Å². The quantitative estimate of drug-likeness (QED) is 0.780. The van der Waals surface area contributed by atoms with Gasteiger partial charge in [0.15, 0.2) is 0 Å². The zero-order valence-electron chi connectivity index (χ0n) is 11.6. The molecule has 2 unspecified atom stereocenters. The van der Waals surface area contributed by atoms with Crippen molar-refractivity contribution < 1.29 is 4.79 Å². The lowest BCUT2D eigenvalue weighted by Gasteiger charge is -2.28. The normalized spacial score (nSPS) is 30.1. The lowest BCUT2D eigenvalue weighted by Crippen LogP contribution is -2.45. The molecule has 0 spiro atoms. The number of hydrogen-bond donors (Lipinski definition) is 2. The highest BCUT2D eigenvalue weighted by Gasteiger charge is 2.24. The van der Waals surface area contributed by atoms with Gasteiger partial charge >= 0.3 is 0 Å². The van der Waals surface area contributed by atoms with E-state index in [4.69, 9.17) is 0 Å². The fourth-order valence-corrected chi connectivity index (χ4v) is 3.02. The molecule has 2 atom stereocenters. The first kappa shape index (κ1) is 13.8. The highest BCUT2D eigenvalue weighted by molar-refractivity contribution is 5.79. The molecule has 2 aliphatic heterocycles. The summed E-state index contributed by atoms with van der Waals surface area (Å²) in [5.74, 6) is 1.04. The topological polar surface area (TPSA) is 44.4 Å². The SMILES string of the molecule is CC1CNCC(C(=O)NCCN2CCCCC2)C1. The van der Waals surface area contributed by atoms with Crippen LogP contribution in [0.25, 0.3) is 0 Å². The van der Waals surface area contributed by atoms with E-state index in [1.165, 1.54) is 32.4 Å². The molecule has 0 saturated carbocycles. The van der Waals surface area contributed by atoms with Crippen LogP contribution in [0, 0.1) is 11.8 Å². The highest BCUT2D eigenvalue weighted by atomic mass is 16.1. The number of rotatable bonds is 4. The predicted molar refractivity (Wildman–Crippen MR) is 73.4 cm³/mol. The molecule has 2 saturated heterocycles. The fraction of sp³-hybridized carbons (Fsp3) is 0.929. The summed E-state index contributed by atoms with van der Waals surface area (Å²) in [4.78, 5) is 14.5. The second kappa shape index (κ2) is 7.10. The van der Waals surface area contributed by atoms with Crippen molar-refractivity contribution >= 4 is 5.91 Å². The number of nitrogens with one attached hydrogen (secondary N) is 2. The van der Waals surface area contributed by atoms with Gasteiger partial charge in [0, 0.05) is 19.6 Å². The van der Waals surface area contributed by atoms with Crippen molar-refractivity contribution in [2.75, 3.05) is 39.3 Å². The van der Waals surface area contributed by atoms with Crippen molar-refractivity contribution in [3.8, 4) is 0 Å². The zero-order valence-corrected chi connectivity index (χ0v) is 11.6. The average molecular weight is 253 g/mol. The maximum atomic E-state index is 12.0. The molecule has 2 heterocycles. The number of hydrogen-bond acceptors (Lipinski definition) is 3. The summed E-state index contributed by atoms with van der Waals surface area (Å²) in [6.07, 6.45) is 5.03. The van der Waals surface area contributed by atoms with Gasteiger partial charge in [-0.2, -0.15) is 0 Å². The lowest BCUT2D eigenvalue weighted by atomic mass is 9.91. The van der Waals surface area contributed by atoms with Gasteiger partial charge in [0.05, 0.1) is 5.92 Å². The standard InChI is InChI=1S/C14H27N3O/c1-12-9-13(11-15-10-12)14(18)16-5-8-17-6-3-2-4-7-17/h12-13,15H,2-11H2,1H3,(H,16,18). The first-order valence-electron chi connectivity index (χ1n) is 7.46. The van der Waals surface area contributed by atoms with Crippen LogP contribution in [0.5, 0.6) is 0 Å². The van der Waals surface area contributed by atoms with Crippen LogP contribution in [0.3, 0.4) is 0 Å². The summed E-state index contributed by atoms with van der Waals surface area (Å²) in [7, 11) is 0. The molecule has 2 aliphatic rings. The molecule has 0 bridgehead atoms. The van der Waals surface area contributed by atoms with Gasteiger partial charge in [-0.15, -0.1) is 0 Å². The molecule has 2 N–H and O–H groups in total. The van der Waals surface area contributed by atoms with Gasteiger partial charge in [-0.3, -0.25) is 4.79 Å². The van der Waals surface area contributed by atoms with Crippen LogP contribution in [-0.4, -0.2) is 50.1 Å². The van der Waals surface area contributed by atoms with Crippen LogP contribution < -0.4 is 10.6 Å². The predicted octanol–water partition coefficient (Wildman–Crippen LogP) is 0.834. The van der Waals surface area contributed by atoms with E-state index >= 15 is 0 Å². The Kier molecular flexibility index (Phi) is 5.45. The van der Waals surface area contributed by atoms with Crippen molar-refractivity contribution in [1.82, 2.24) is 15.5 Å². The van der Waals surface area contributed by atoms with E-state index < -0.39 is 0 Å². The van der Waals surface area contributed by atoms with E-state index in [1.54, 1.807) is 0 Å². The Bertz CT molecular complexity index is 264. The maximum absolute atomic E-state index is 12.0. The van der Waals surface area contributed by atoms with Crippen LogP contribution >= 0.6 is 0 Å². The second-order valence-electron chi connectivity index (χ2n) is 5.89. The molecule has 1 amide bonds. The molecular formula is C14H27N3O. The summed E-state index contributed by atoms with van der Waals surface area (Å²) in [6.45, 7) is 8.35. The number of nitrogens with zero attached hydrogens (tertiary/aromatic N) is 1. The second-order valence-corrected chi connectivity index (χ2v) is 5.89. The Morgan fingerprint density at radius 1 is 1.28 bits per heavy atom. The molecule has 4 heteroatoms. The van der Waals surface area contributed by atoms with Gasteiger partial charge in [-0.25, -0.2) is 0 Å². The van der Waals surface area contributed by atoms with E-state index in [-0.39, 0.29) is 11.8 Å². The van der Waals surface area contributed by atoms with Gasteiger partial charge < -0.3 is 15.5 Å². The molecule has 0 aromatic rings. The van der Waals surface area contributed by atoms with Gasteiger partial charge in [0.25, 0.3) is 0 Å². The van der Waals surface area contributed by atoms with E-state index in [2.05, 4.69) is 22.5 Å². The molecule has 2 rings (SSSR count). The van der Waals surface area contributed by atoms with E-state index in [9.17, 15) is 4.79 Å². The van der Waals surface area contributed by atoms with Crippen LogP contribution in [0.15, 0.2) is 0 Å². The summed E-state index contributed by atoms with van der Waals surface area (Å²) in [5.41, 5.74) is 0. The molecule has 104 valence electrons. The summed E-state index contributed by atoms with van der Waals surface area (Å²) < 4.78 is 0. The molecule has 18 heavy (non-hydrogen) atoms.